The maximum absolute atomic E-state index is 13.4. The van der Waals surface area contributed by atoms with Crippen molar-refractivity contribution in [3.8, 4) is 0 Å². The van der Waals surface area contributed by atoms with Gasteiger partial charge < -0.3 is 10.2 Å². The van der Waals surface area contributed by atoms with Gasteiger partial charge in [0.2, 0.25) is 0 Å². The molecule has 0 aliphatic carbocycles. The molecule has 7 heteroatoms. The summed E-state index contributed by atoms with van der Waals surface area (Å²) in [6.45, 7) is 3.51. The summed E-state index contributed by atoms with van der Waals surface area (Å²) in [4.78, 5) is 15.3. The van der Waals surface area contributed by atoms with E-state index in [0.717, 1.165) is 43.0 Å². The van der Waals surface area contributed by atoms with Crippen molar-refractivity contribution in [2.75, 3.05) is 18.4 Å². The first-order chi connectivity index (χ1) is 12.6. The highest BCUT2D eigenvalue weighted by molar-refractivity contribution is 6.42. The Bertz CT molecular complexity index is 883. The number of hydrogen-bond acceptors (Lipinski definition) is 3. The van der Waals surface area contributed by atoms with Gasteiger partial charge in [0.1, 0.15) is 11.9 Å². The average molecular weight is 391 g/mol. The smallest absolute Gasteiger partial charge is 0.254 e. The number of nitrogens with zero attached hydrogens (tertiary/aromatic N) is 3. The SMILES string of the molecule is CC1=C(C(=O)N2CCCCC2)C(c2cccc(Cl)c2Cl)n2nccc2N1. The molecule has 2 aliphatic heterocycles. The van der Waals surface area contributed by atoms with Crippen molar-refractivity contribution in [1.82, 2.24) is 14.7 Å². The standard InChI is InChI=1S/C19H20Cl2N4O/c1-12-16(19(26)24-10-3-2-4-11-24)18(25-15(23-12)8-9-22-25)13-6-5-7-14(20)17(13)21/h5-9,18,23H,2-4,10-11H2,1H3. The molecular weight excluding hydrogens is 371 g/mol. The first-order valence-corrected chi connectivity index (χ1v) is 9.58. The predicted octanol–water partition coefficient (Wildman–Crippen LogP) is 4.49. The van der Waals surface area contributed by atoms with Gasteiger partial charge in [-0.2, -0.15) is 5.10 Å². The molecule has 2 aliphatic rings. The molecule has 136 valence electrons. The minimum Gasteiger partial charge on any atom is -0.344 e. The number of amides is 1. The predicted molar refractivity (Wildman–Crippen MR) is 104 cm³/mol. The first kappa shape index (κ1) is 17.4. The van der Waals surface area contributed by atoms with Gasteiger partial charge in [0, 0.05) is 30.4 Å². The third-order valence-corrected chi connectivity index (χ3v) is 5.89. The Labute approximate surface area is 162 Å². The highest BCUT2D eigenvalue weighted by Gasteiger charge is 2.36. The van der Waals surface area contributed by atoms with E-state index < -0.39 is 6.04 Å². The lowest BCUT2D eigenvalue weighted by Crippen LogP contribution is -2.40. The van der Waals surface area contributed by atoms with Crippen molar-refractivity contribution in [3.05, 3.63) is 57.3 Å². The second-order valence-electron chi connectivity index (χ2n) is 6.72. The van der Waals surface area contributed by atoms with Crippen LogP contribution >= 0.6 is 23.2 Å². The summed E-state index contributed by atoms with van der Waals surface area (Å²) in [5.74, 6) is 0.871. The molecule has 0 saturated carbocycles. The van der Waals surface area contributed by atoms with Crippen molar-refractivity contribution >= 4 is 34.9 Å². The number of piperidine rings is 1. The van der Waals surface area contributed by atoms with Gasteiger partial charge in [0.05, 0.1) is 21.8 Å². The number of aromatic nitrogens is 2. The topological polar surface area (TPSA) is 50.2 Å². The van der Waals surface area contributed by atoms with Crippen LogP contribution in [0.1, 0.15) is 37.8 Å². The van der Waals surface area contributed by atoms with Crippen LogP contribution in [0.15, 0.2) is 41.7 Å². The lowest BCUT2D eigenvalue weighted by Gasteiger charge is -2.34. The van der Waals surface area contributed by atoms with E-state index in [1.807, 2.05) is 34.7 Å². The van der Waals surface area contributed by atoms with Gasteiger partial charge in [-0.3, -0.25) is 4.79 Å². The van der Waals surface area contributed by atoms with Gasteiger partial charge in [-0.05, 0) is 32.3 Å². The highest BCUT2D eigenvalue weighted by atomic mass is 35.5. The van der Waals surface area contributed by atoms with E-state index in [-0.39, 0.29) is 5.91 Å². The fraction of sp³-hybridized carbons (Fsp3) is 0.368. The normalized spacial score (nSPS) is 20.0. The van der Waals surface area contributed by atoms with Gasteiger partial charge in [0.25, 0.3) is 5.91 Å². The van der Waals surface area contributed by atoms with Gasteiger partial charge in [-0.15, -0.1) is 0 Å². The molecule has 1 fully saturated rings. The molecule has 2 aromatic rings. The summed E-state index contributed by atoms with van der Waals surface area (Å²) in [5, 5.41) is 8.67. The van der Waals surface area contributed by atoms with Crippen LogP contribution in [0.4, 0.5) is 5.82 Å². The van der Waals surface area contributed by atoms with Crippen molar-refractivity contribution < 1.29 is 4.79 Å². The third kappa shape index (κ3) is 2.89. The lowest BCUT2D eigenvalue weighted by molar-refractivity contribution is -0.128. The van der Waals surface area contributed by atoms with E-state index in [1.165, 1.54) is 6.42 Å². The maximum atomic E-state index is 13.4. The van der Waals surface area contributed by atoms with Crippen LogP contribution in [0.5, 0.6) is 0 Å². The summed E-state index contributed by atoms with van der Waals surface area (Å²) in [5.41, 5.74) is 2.28. The highest BCUT2D eigenvalue weighted by Crippen LogP contribution is 2.41. The molecule has 1 atom stereocenters. The zero-order chi connectivity index (χ0) is 18.3. The fourth-order valence-electron chi connectivity index (χ4n) is 3.77. The van der Waals surface area contributed by atoms with Crippen molar-refractivity contribution in [3.63, 3.8) is 0 Å². The van der Waals surface area contributed by atoms with Crippen LogP contribution < -0.4 is 5.32 Å². The van der Waals surface area contributed by atoms with Gasteiger partial charge in [-0.1, -0.05) is 35.3 Å². The number of allylic oxidation sites excluding steroid dienone is 1. The zero-order valence-corrected chi connectivity index (χ0v) is 16.0. The second kappa shape index (κ2) is 6.97. The molecule has 3 heterocycles. The van der Waals surface area contributed by atoms with Crippen LogP contribution in [-0.2, 0) is 4.79 Å². The van der Waals surface area contributed by atoms with Gasteiger partial charge in [-0.25, -0.2) is 4.68 Å². The fourth-order valence-corrected chi connectivity index (χ4v) is 4.18. The molecular formula is C19H20Cl2N4O. The van der Waals surface area contributed by atoms with Crippen molar-refractivity contribution in [2.24, 2.45) is 0 Å². The summed E-state index contributed by atoms with van der Waals surface area (Å²) in [7, 11) is 0. The van der Waals surface area contributed by atoms with E-state index in [1.54, 1.807) is 12.3 Å². The molecule has 0 spiro atoms. The van der Waals surface area contributed by atoms with E-state index in [0.29, 0.717) is 15.6 Å². The number of likely N-dealkylation sites (tertiary alicyclic amines) is 1. The molecule has 5 nitrogen and oxygen atoms in total. The van der Waals surface area contributed by atoms with E-state index in [4.69, 9.17) is 23.2 Å². The molecule has 1 unspecified atom stereocenters. The molecule has 26 heavy (non-hydrogen) atoms. The van der Waals surface area contributed by atoms with E-state index in [9.17, 15) is 4.79 Å². The molecule has 1 N–H and O–H groups in total. The van der Waals surface area contributed by atoms with E-state index in [2.05, 4.69) is 10.4 Å². The number of rotatable bonds is 2. The number of anilines is 1. The van der Waals surface area contributed by atoms with Crippen LogP contribution in [0, 0.1) is 0 Å². The minimum atomic E-state index is -0.401. The Morgan fingerprint density at radius 3 is 2.73 bits per heavy atom. The average Bonchev–Trinajstić information content (AvgIpc) is 3.11. The Morgan fingerprint density at radius 1 is 1.19 bits per heavy atom. The zero-order valence-electron chi connectivity index (χ0n) is 14.5. The Balaban J connectivity index is 1.84. The van der Waals surface area contributed by atoms with Crippen molar-refractivity contribution in [2.45, 2.75) is 32.2 Å². The molecule has 1 amide bonds. The number of benzene rings is 1. The number of nitrogens with one attached hydrogen (secondary N) is 1. The quantitative estimate of drug-likeness (QED) is 0.821. The summed E-state index contributed by atoms with van der Waals surface area (Å²) in [6, 6.07) is 7.00. The molecule has 0 bridgehead atoms. The molecule has 1 saturated heterocycles. The molecule has 1 aromatic heterocycles. The number of halogens is 2. The van der Waals surface area contributed by atoms with Crippen LogP contribution in [0.2, 0.25) is 10.0 Å². The largest absolute Gasteiger partial charge is 0.344 e. The Kier molecular flexibility index (Phi) is 4.67. The summed E-state index contributed by atoms with van der Waals surface area (Å²) in [6.07, 6.45) is 4.98. The minimum absolute atomic E-state index is 0.0388. The number of carbonyl (C=O) groups is 1. The summed E-state index contributed by atoms with van der Waals surface area (Å²) >= 11 is 12.8. The Morgan fingerprint density at radius 2 is 1.96 bits per heavy atom. The molecule has 1 aromatic carbocycles. The van der Waals surface area contributed by atoms with E-state index >= 15 is 0 Å². The monoisotopic (exact) mass is 390 g/mol. The first-order valence-electron chi connectivity index (χ1n) is 8.82. The molecule has 4 rings (SSSR count). The number of fused-ring (bicyclic) bond motifs is 1. The van der Waals surface area contributed by atoms with Crippen LogP contribution in [0.25, 0.3) is 0 Å². The Hall–Kier alpha value is -1.98. The molecule has 0 radical (unpaired) electrons. The maximum Gasteiger partial charge on any atom is 0.254 e. The van der Waals surface area contributed by atoms with Gasteiger partial charge in [0.15, 0.2) is 0 Å². The van der Waals surface area contributed by atoms with Crippen molar-refractivity contribution in [1.29, 1.82) is 0 Å². The summed E-state index contributed by atoms with van der Waals surface area (Å²) < 4.78 is 1.81. The second-order valence-corrected chi connectivity index (χ2v) is 7.51. The van der Waals surface area contributed by atoms with Crippen LogP contribution in [0.3, 0.4) is 0 Å². The van der Waals surface area contributed by atoms with Gasteiger partial charge >= 0.3 is 0 Å². The third-order valence-electron chi connectivity index (χ3n) is 5.06. The lowest BCUT2D eigenvalue weighted by atomic mass is 9.93. The number of carbonyl (C=O) groups excluding carboxylic acids is 1. The number of hydrogen-bond donors (Lipinski definition) is 1. The van der Waals surface area contributed by atoms with Crippen LogP contribution in [-0.4, -0.2) is 33.7 Å².